The summed E-state index contributed by atoms with van der Waals surface area (Å²) in [6.07, 6.45) is 5.36. The van der Waals surface area contributed by atoms with Gasteiger partial charge in [-0.1, -0.05) is 30.3 Å². The van der Waals surface area contributed by atoms with E-state index in [1.165, 1.54) is 11.0 Å². The number of hydrogen-bond donors (Lipinski definition) is 0. The van der Waals surface area contributed by atoms with Gasteiger partial charge in [0.2, 0.25) is 0 Å². The Bertz CT molecular complexity index is 1060. The summed E-state index contributed by atoms with van der Waals surface area (Å²) >= 11 is 0. The number of rotatable bonds is 3. The minimum atomic E-state index is -0.110. The molecule has 3 aromatic rings. The molecule has 1 saturated heterocycles. The van der Waals surface area contributed by atoms with Gasteiger partial charge in [-0.25, -0.2) is 19.4 Å². The van der Waals surface area contributed by atoms with Gasteiger partial charge in [-0.3, -0.25) is 9.36 Å². The maximum absolute atomic E-state index is 13.0. The van der Waals surface area contributed by atoms with Gasteiger partial charge < -0.3 is 4.90 Å². The van der Waals surface area contributed by atoms with E-state index in [9.17, 15) is 9.59 Å². The Balaban J connectivity index is 1.44. The first-order valence-corrected chi connectivity index (χ1v) is 9.50. The van der Waals surface area contributed by atoms with Crippen molar-refractivity contribution in [2.24, 2.45) is 0 Å². The van der Waals surface area contributed by atoms with Crippen molar-refractivity contribution in [2.75, 3.05) is 0 Å². The Morgan fingerprint density at radius 2 is 1.93 bits per heavy atom. The molecule has 1 amide bonds. The van der Waals surface area contributed by atoms with Gasteiger partial charge in [0.1, 0.15) is 17.8 Å². The van der Waals surface area contributed by atoms with Gasteiger partial charge in [0, 0.05) is 25.2 Å². The zero-order chi connectivity index (χ0) is 19.1. The standard InChI is InChI=1S/C20H20N6O2/c27-19(17-8-9-21-13-22-17)26-15-6-7-16(26)12-24-18(10-15)23-25(20(24)28)11-14-4-2-1-3-5-14/h1-5,8-9,13,15-16H,6-7,10-12H2/t15-,16+/m0/s1. The van der Waals surface area contributed by atoms with E-state index >= 15 is 0 Å². The molecule has 2 aliphatic rings. The van der Waals surface area contributed by atoms with Crippen molar-refractivity contribution in [3.8, 4) is 0 Å². The van der Waals surface area contributed by atoms with Crippen molar-refractivity contribution >= 4 is 5.91 Å². The molecule has 0 saturated carbocycles. The molecule has 0 radical (unpaired) electrons. The summed E-state index contributed by atoms with van der Waals surface area (Å²) in [6, 6.07) is 11.5. The number of benzene rings is 1. The molecule has 4 heterocycles. The molecular weight excluding hydrogens is 356 g/mol. The highest BCUT2D eigenvalue weighted by Gasteiger charge is 2.41. The van der Waals surface area contributed by atoms with E-state index in [0.29, 0.717) is 25.2 Å². The van der Waals surface area contributed by atoms with Crippen molar-refractivity contribution in [3.05, 3.63) is 76.5 Å². The lowest BCUT2D eigenvalue weighted by Gasteiger charge is -2.27. The molecule has 2 atom stereocenters. The number of aromatic nitrogens is 5. The topological polar surface area (TPSA) is 85.9 Å². The van der Waals surface area contributed by atoms with Crippen molar-refractivity contribution < 1.29 is 4.79 Å². The van der Waals surface area contributed by atoms with Crippen molar-refractivity contribution in [1.29, 1.82) is 0 Å². The highest BCUT2D eigenvalue weighted by molar-refractivity contribution is 5.92. The van der Waals surface area contributed by atoms with E-state index in [-0.39, 0.29) is 23.7 Å². The van der Waals surface area contributed by atoms with Crippen LogP contribution < -0.4 is 5.69 Å². The first-order chi connectivity index (χ1) is 13.7. The van der Waals surface area contributed by atoms with Crippen molar-refractivity contribution in [2.45, 2.75) is 44.4 Å². The summed E-state index contributed by atoms with van der Waals surface area (Å²) in [4.78, 5) is 35.8. The van der Waals surface area contributed by atoms with Crippen LogP contribution in [0.3, 0.4) is 0 Å². The molecular formula is C20H20N6O2. The summed E-state index contributed by atoms with van der Waals surface area (Å²) in [7, 11) is 0. The number of carbonyl (C=O) groups excluding carboxylic acids is 1. The number of hydrogen-bond acceptors (Lipinski definition) is 5. The zero-order valence-corrected chi connectivity index (χ0v) is 15.3. The van der Waals surface area contributed by atoms with E-state index in [0.717, 1.165) is 24.2 Å². The minimum absolute atomic E-state index is 0.0132. The Morgan fingerprint density at radius 1 is 1.11 bits per heavy atom. The Morgan fingerprint density at radius 3 is 2.71 bits per heavy atom. The molecule has 0 spiro atoms. The maximum Gasteiger partial charge on any atom is 0.346 e. The normalized spacial score (nSPS) is 20.6. The van der Waals surface area contributed by atoms with E-state index in [1.807, 2.05) is 35.2 Å². The third-order valence-corrected chi connectivity index (χ3v) is 5.64. The average Bonchev–Trinajstić information content (AvgIpc) is 3.18. The van der Waals surface area contributed by atoms with Gasteiger partial charge >= 0.3 is 5.69 Å². The van der Waals surface area contributed by atoms with Crippen LogP contribution in [0.5, 0.6) is 0 Å². The van der Waals surface area contributed by atoms with Gasteiger partial charge in [-0.15, -0.1) is 0 Å². The number of amides is 1. The predicted octanol–water partition coefficient (Wildman–Crippen LogP) is 1.11. The third-order valence-electron chi connectivity index (χ3n) is 5.64. The molecule has 28 heavy (non-hydrogen) atoms. The predicted molar refractivity (Wildman–Crippen MR) is 101 cm³/mol. The summed E-state index contributed by atoms with van der Waals surface area (Å²) in [6.45, 7) is 0.939. The third kappa shape index (κ3) is 2.81. The molecule has 2 bridgehead atoms. The van der Waals surface area contributed by atoms with Gasteiger partial charge in [0.25, 0.3) is 5.91 Å². The van der Waals surface area contributed by atoms with Gasteiger partial charge in [-0.2, -0.15) is 5.10 Å². The lowest BCUT2D eigenvalue weighted by molar-refractivity contribution is 0.0658. The summed E-state index contributed by atoms with van der Waals surface area (Å²) in [5.74, 6) is 0.666. The second-order valence-electron chi connectivity index (χ2n) is 7.35. The SMILES string of the molecule is O=C(c1ccncn1)N1[C@@H]2CC[C@H]1Cc1nn(Cc3ccccc3)c(=O)n1C2. The molecule has 8 heteroatoms. The number of fused-ring (bicyclic) bond motifs is 3. The molecule has 1 fully saturated rings. The van der Waals surface area contributed by atoms with Crippen molar-refractivity contribution in [1.82, 2.24) is 29.2 Å². The number of nitrogens with zero attached hydrogens (tertiary/aromatic N) is 6. The van der Waals surface area contributed by atoms with Crippen LogP contribution in [0.1, 0.15) is 34.7 Å². The van der Waals surface area contributed by atoms with Crippen LogP contribution in [0.25, 0.3) is 0 Å². The largest absolute Gasteiger partial charge is 0.346 e. The molecule has 2 aliphatic heterocycles. The van der Waals surface area contributed by atoms with Crippen molar-refractivity contribution in [3.63, 3.8) is 0 Å². The second kappa shape index (κ2) is 6.70. The van der Waals surface area contributed by atoms with E-state index < -0.39 is 0 Å². The molecule has 5 rings (SSSR count). The monoisotopic (exact) mass is 376 g/mol. The highest BCUT2D eigenvalue weighted by atomic mass is 16.2. The summed E-state index contributed by atoms with van der Waals surface area (Å²) < 4.78 is 3.28. The molecule has 0 unspecified atom stereocenters. The zero-order valence-electron chi connectivity index (χ0n) is 15.3. The van der Waals surface area contributed by atoms with Crippen LogP contribution in [0.15, 0.2) is 53.7 Å². The quantitative estimate of drug-likeness (QED) is 0.684. The van der Waals surface area contributed by atoms with E-state index in [4.69, 9.17) is 0 Å². The maximum atomic E-state index is 13.0. The van der Waals surface area contributed by atoms with Gasteiger partial charge in [0.05, 0.1) is 12.6 Å². The molecule has 0 aliphatic carbocycles. The lowest BCUT2D eigenvalue weighted by Crippen LogP contribution is -2.43. The van der Waals surface area contributed by atoms with Crippen LogP contribution in [0.4, 0.5) is 0 Å². The summed E-state index contributed by atoms with van der Waals surface area (Å²) in [5, 5.41) is 4.59. The fourth-order valence-electron chi connectivity index (χ4n) is 4.32. The first-order valence-electron chi connectivity index (χ1n) is 9.50. The minimum Gasteiger partial charge on any atom is -0.329 e. The Hall–Kier alpha value is -3.29. The molecule has 1 aromatic carbocycles. The van der Waals surface area contributed by atoms with E-state index in [2.05, 4.69) is 15.1 Å². The fraction of sp³-hybridized carbons (Fsp3) is 0.350. The van der Waals surface area contributed by atoms with Crippen LogP contribution >= 0.6 is 0 Å². The Labute approximate surface area is 161 Å². The highest BCUT2D eigenvalue weighted by Crippen LogP contribution is 2.31. The average molecular weight is 376 g/mol. The van der Waals surface area contributed by atoms with Crippen LogP contribution in [0.2, 0.25) is 0 Å². The van der Waals surface area contributed by atoms with Gasteiger partial charge in [-0.05, 0) is 24.5 Å². The fourth-order valence-corrected chi connectivity index (χ4v) is 4.32. The molecule has 8 nitrogen and oxygen atoms in total. The molecule has 142 valence electrons. The van der Waals surface area contributed by atoms with Gasteiger partial charge in [0.15, 0.2) is 0 Å². The van der Waals surface area contributed by atoms with E-state index in [1.54, 1.807) is 16.8 Å². The number of carbonyl (C=O) groups is 1. The lowest BCUT2D eigenvalue weighted by atomic mass is 10.1. The molecule has 2 aromatic heterocycles. The first kappa shape index (κ1) is 16.9. The summed E-state index contributed by atoms with van der Waals surface area (Å²) in [5.41, 5.74) is 1.33. The molecule has 0 N–H and O–H groups in total. The Kier molecular flexibility index (Phi) is 4.03. The van der Waals surface area contributed by atoms with Crippen LogP contribution in [-0.2, 0) is 19.5 Å². The second-order valence-corrected chi connectivity index (χ2v) is 7.35. The van der Waals surface area contributed by atoms with Crippen LogP contribution in [0, 0.1) is 0 Å². The smallest absolute Gasteiger partial charge is 0.329 e. The van der Waals surface area contributed by atoms with Crippen LogP contribution in [-0.4, -0.2) is 47.2 Å².